The quantitative estimate of drug-likeness (QED) is 0.351. The molecule has 1 aliphatic heterocycles. The number of fused-ring (bicyclic) bond motifs is 1. The van der Waals surface area contributed by atoms with Gasteiger partial charge in [-0.1, -0.05) is 18.2 Å². The van der Waals surface area contributed by atoms with Crippen LogP contribution >= 0.6 is 0 Å². The Morgan fingerprint density at radius 2 is 1.90 bits per heavy atom. The number of ketones is 1. The SMILES string of the molecule is COCCOCOc1ccccc1C(=O)CCC(O)c1ccc2c(c1)OCCO2. The fraction of sp³-hybridized carbons (Fsp3) is 0.409. The van der Waals surface area contributed by atoms with Gasteiger partial charge >= 0.3 is 0 Å². The molecule has 0 aromatic heterocycles. The van der Waals surface area contributed by atoms with E-state index in [1.54, 1.807) is 49.6 Å². The maximum absolute atomic E-state index is 12.7. The summed E-state index contributed by atoms with van der Waals surface area (Å²) >= 11 is 0. The molecule has 1 N–H and O–H groups in total. The van der Waals surface area contributed by atoms with Gasteiger partial charge in [-0.2, -0.15) is 0 Å². The highest BCUT2D eigenvalue weighted by Gasteiger charge is 2.18. The minimum atomic E-state index is -0.778. The number of carbonyl (C=O) groups excluding carboxylic acids is 1. The molecule has 0 saturated heterocycles. The molecule has 0 spiro atoms. The first-order valence-electron chi connectivity index (χ1n) is 9.58. The summed E-state index contributed by atoms with van der Waals surface area (Å²) in [5, 5.41) is 10.5. The molecule has 1 atom stereocenters. The van der Waals surface area contributed by atoms with Gasteiger partial charge in [0.05, 0.1) is 24.9 Å². The van der Waals surface area contributed by atoms with Crippen LogP contribution in [0.1, 0.15) is 34.9 Å². The van der Waals surface area contributed by atoms with Gasteiger partial charge in [-0.05, 0) is 36.2 Å². The van der Waals surface area contributed by atoms with E-state index in [1.165, 1.54) is 0 Å². The van der Waals surface area contributed by atoms with E-state index >= 15 is 0 Å². The zero-order valence-corrected chi connectivity index (χ0v) is 16.5. The molecule has 0 saturated carbocycles. The number of Topliss-reactive ketones (excluding diaryl/α,β-unsaturated/α-hetero) is 1. The van der Waals surface area contributed by atoms with Gasteiger partial charge in [0.1, 0.15) is 19.0 Å². The van der Waals surface area contributed by atoms with Crippen molar-refractivity contribution in [2.24, 2.45) is 0 Å². The van der Waals surface area contributed by atoms with Crippen molar-refractivity contribution in [2.45, 2.75) is 18.9 Å². The molecule has 0 amide bonds. The normalized spacial score (nSPS) is 13.7. The fourth-order valence-electron chi connectivity index (χ4n) is 2.97. The predicted molar refractivity (Wildman–Crippen MR) is 106 cm³/mol. The molecule has 2 aromatic carbocycles. The second kappa shape index (κ2) is 10.8. The van der Waals surface area contributed by atoms with Crippen molar-refractivity contribution in [3.05, 3.63) is 53.6 Å². The Labute approximate surface area is 170 Å². The molecule has 29 heavy (non-hydrogen) atoms. The molecule has 3 rings (SSSR count). The van der Waals surface area contributed by atoms with Crippen LogP contribution < -0.4 is 14.2 Å². The molecular weight excluding hydrogens is 376 g/mol. The van der Waals surface area contributed by atoms with Crippen molar-refractivity contribution in [3.63, 3.8) is 0 Å². The van der Waals surface area contributed by atoms with Crippen LogP contribution in [0.5, 0.6) is 17.2 Å². The van der Waals surface area contributed by atoms with Crippen LogP contribution in [0.4, 0.5) is 0 Å². The van der Waals surface area contributed by atoms with Crippen LogP contribution in [-0.2, 0) is 9.47 Å². The van der Waals surface area contributed by atoms with Gasteiger partial charge in [-0.3, -0.25) is 4.79 Å². The summed E-state index contributed by atoms with van der Waals surface area (Å²) < 4.78 is 26.8. The van der Waals surface area contributed by atoms with Gasteiger partial charge in [0.15, 0.2) is 24.1 Å². The Hall–Kier alpha value is -2.61. The van der Waals surface area contributed by atoms with E-state index in [0.29, 0.717) is 54.8 Å². The number of ether oxygens (including phenoxy) is 5. The third-order valence-corrected chi connectivity index (χ3v) is 4.51. The zero-order chi connectivity index (χ0) is 20.5. The monoisotopic (exact) mass is 402 g/mol. The van der Waals surface area contributed by atoms with E-state index in [0.717, 1.165) is 0 Å². The van der Waals surface area contributed by atoms with E-state index < -0.39 is 6.10 Å². The van der Waals surface area contributed by atoms with Crippen LogP contribution in [-0.4, -0.2) is 51.2 Å². The molecule has 0 bridgehead atoms. The largest absolute Gasteiger partial charge is 0.486 e. The molecule has 1 heterocycles. The van der Waals surface area contributed by atoms with Crippen molar-refractivity contribution in [3.8, 4) is 17.2 Å². The molecule has 2 aromatic rings. The molecular formula is C22H26O7. The van der Waals surface area contributed by atoms with Gasteiger partial charge in [0.2, 0.25) is 0 Å². The molecule has 7 nitrogen and oxygen atoms in total. The van der Waals surface area contributed by atoms with E-state index in [9.17, 15) is 9.90 Å². The maximum atomic E-state index is 12.7. The van der Waals surface area contributed by atoms with Crippen molar-refractivity contribution in [1.29, 1.82) is 0 Å². The zero-order valence-electron chi connectivity index (χ0n) is 16.5. The summed E-state index contributed by atoms with van der Waals surface area (Å²) in [6, 6.07) is 12.3. The lowest BCUT2D eigenvalue weighted by molar-refractivity contribution is -0.00876. The highest BCUT2D eigenvalue weighted by Crippen LogP contribution is 2.34. The number of hydrogen-bond acceptors (Lipinski definition) is 7. The first kappa shape index (κ1) is 21.1. The molecule has 0 aliphatic carbocycles. The summed E-state index contributed by atoms with van der Waals surface area (Å²) in [7, 11) is 1.59. The van der Waals surface area contributed by atoms with Crippen LogP contribution in [0.25, 0.3) is 0 Å². The third-order valence-electron chi connectivity index (χ3n) is 4.51. The Morgan fingerprint density at radius 3 is 2.72 bits per heavy atom. The second-order valence-electron chi connectivity index (χ2n) is 6.54. The second-order valence-corrected chi connectivity index (χ2v) is 6.54. The minimum Gasteiger partial charge on any atom is -0.486 e. The highest BCUT2D eigenvalue weighted by atomic mass is 16.7. The van der Waals surface area contributed by atoms with Gasteiger partial charge in [0, 0.05) is 13.5 Å². The van der Waals surface area contributed by atoms with E-state index in [-0.39, 0.29) is 25.4 Å². The van der Waals surface area contributed by atoms with Crippen LogP contribution in [0, 0.1) is 0 Å². The molecule has 7 heteroatoms. The fourth-order valence-corrected chi connectivity index (χ4v) is 2.97. The average Bonchev–Trinajstić information content (AvgIpc) is 2.77. The Balaban J connectivity index is 1.55. The lowest BCUT2D eigenvalue weighted by Crippen LogP contribution is -2.15. The third kappa shape index (κ3) is 5.93. The van der Waals surface area contributed by atoms with Gasteiger partial charge < -0.3 is 28.8 Å². The Morgan fingerprint density at radius 1 is 1.10 bits per heavy atom. The van der Waals surface area contributed by atoms with Crippen molar-refractivity contribution < 1.29 is 33.6 Å². The highest BCUT2D eigenvalue weighted by molar-refractivity contribution is 5.98. The van der Waals surface area contributed by atoms with Gasteiger partial charge in [-0.15, -0.1) is 0 Å². The first-order valence-corrected chi connectivity index (χ1v) is 9.58. The molecule has 1 unspecified atom stereocenters. The number of rotatable bonds is 11. The summed E-state index contributed by atoms with van der Waals surface area (Å²) in [5.41, 5.74) is 1.16. The van der Waals surface area contributed by atoms with Crippen molar-refractivity contribution in [1.82, 2.24) is 0 Å². The van der Waals surface area contributed by atoms with Crippen LogP contribution in [0.15, 0.2) is 42.5 Å². The molecule has 1 aliphatic rings. The summed E-state index contributed by atoms with van der Waals surface area (Å²) in [6.45, 7) is 1.92. The lowest BCUT2D eigenvalue weighted by Gasteiger charge is -2.20. The summed E-state index contributed by atoms with van der Waals surface area (Å²) in [5.74, 6) is 1.64. The molecule has 0 radical (unpaired) electrons. The van der Waals surface area contributed by atoms with Gasteiger partial charge in [0.25, 0.3) is 0 Å². The number of benzene rings is 2. The number of aliphatic hydroxyl groups is 1. The van der Waals surface area contributed by atoms with E-state index in [1.807, 2.05) is 0 Å². The van der Waals surface area contributed by atoms with E-state index in [2.05, 4.69) is 0 Å². The van der Waals surface area contributed by atoms with E-state index in [4.69, 9.17) is 23.7 Å². The Kier molecular flexibility index (Phi) is 7.86. The molecule has 156 valence electrons. The number of aliphatic hydroxyl groups excluding tert-OH is 1. The van der Waals surface area contributed by atoms with Crippen molar-refractivity contribution >= 4 is 5.78 Å². The van der Waals surface area contributed by atoms with Crippen molar-refractivity contribution in [2.75, 3.05) is 40.3 Å². The summed E-state index contributed by atoms with van der Waals surface area (Å²) in [4.78, 5) is 12.7. The number of hydrogen-bond donors (Lipinski definition) is 1. The first-order chi connectivity index (χ1) is 14.2. The maximum Gasteiger partial charge on any atom is 0.189 e. The predicted octanol–water partition coefficient (Wildman–Crippen LogP) is 3.15. The topological polar surface area (TPSA) is 83.5 Å². The van der Waals surface area contributed by atoms with Crippen LogP contribution in [0.2, 0.25) is 0 Å². The lowest BCUT2D eigenvalue weighted by atomic mass is 9.99. The summed E-state index contributed by atoms with van der Waals surface area (Å²) in [6.07, 6.45) is -0.308. The smallest absolute Gasteiger partial charge is 0.189 e. The molecule has 0 fully saturated rings. The minimum absolute atomic E-state index is 0.0352. The number of para-hydroxylation sites is 1. The standard InChI is InChI=1S/C22H26O7/c1-25-10-11-26-15-29-20-5-3-2-4-17(20)19(24)8-7-18(23)16-6-9-21-22(14-16)28-13-12-27-21/h2-6,9,14,18,23H,7-8,10-13,15H2,1H3. The average molecular weight is 402 g/mol. The van der Waals surface area contributed by atoms with Crippen LogP contribution in [0.3, 0.4) is 0 Å². The number of methoxy groups -OCH3 is 1. The number of carbonyl (C=O) groups is 1. The van der Waals surface area contributed by atoms with Gasteiger partial charge in [-0.25, -0.2) is 0 Å². The Bertz CT molecular complexity index is 805.